The molecule has 0 aliphatic heterocycles. The highest BCUT2D eigenvalue weighted by Crippen LogP contribution is 2.33. The minimum atomic E-state index is -0.296. The maximum atomic E-state index is 13.2. The van der Waals surface area contributed by atoms with Gasteiger partial charge in [0, 0.05) is 5.69 Å². The minimum absolute atomic E-state index is 0.259. The third kappa shape index (κ3) is 2.18. The Morgan fingerprint density at radius 3 is 2.36 bits per heavy atom. The number of aromatic amines is 1. The smallest absolute Gasteiger partial charge is 0.284 e. The highest BCUT2D eigenvalue weighted by Gasteiger charge is 2.22. The fourth-order valence-electron chi connectivity index (χ4n) is 3.42. The number of benzene rings is 2. The molecule has 0 radical (unpaired) electrons. The molecule has 0 atom stereocenters. The Bertz CT molecular complexity index is 1440. The molecular formula is C21H14N6O. The summed E-state index contributed by atoms with van der Waals surface area (Å²) in [5.41, 5.74) is 3.49. The Balaban J connectivity index is 1.90. The standard InChI is InChI=1S/C21H14N6O/c1-13-16-19(26(24-13)15-11-7-4-8-12-15)23-20-18(22-2)17(25-27(20)21(16)28)14-9-5-3-6-10-14/h3-12,24H,1H3. The van der Waals surface area contributed by atoms with Crippen molar-refractivity contribution in [3.63, 3.8) is 0 Å². The van der Waals surface area contributed by atoms with Crippen molar-refractivity contribution in [2.24, 2.45) is 0 Å². The van der Waals surface area contributed by atoms with Crippen molar-refractivity contribution in [1.82, 2.24) is 24.4 Å². The van der Waals surface area contributed by atoms with Gasteiger partial charge < -0.3 is 0 Å². The fourth-order valence-corrected chi connectivity index (χ4v) is 3.42. The van der Waals surface area contributed by atoms with E-state index in [1.807, 2.05) is 67.6 Å². The van der Waals surface area contributed by atoms with Crippen molar-refractivity contribution in [3.05, 3.63) is 88.1 Å². The van der Waals surface area contributed by atoms with E-state index >= 15 is 0 Å². The number of hydrogen-bond donors (Lipinski definition) is 1. The number of H-pyrrole nitrogens is 1. The van der Waals surface area contributed by atoms with Crippen LogP contribution in [0.3, 0.4) is 0 Å². The number of fused-ring (bicyclic) bond motifs is 2. The first-order chi connectivity index (χ1) is 13.7. The van der Waals surface area contributed by atoms with E-state index in [2.05, 4.69) is 20.0 Å². The monoisotopic (exact) mass is 366 g/mol. The molecule has 3 aromatic heterocycles. The summed E-state index contributed by atoms with van der Waals surface area (Å²) in [5, 5.41) is 8.08. The molecule has 3 heterocycles. The first kappa shape index (κ1) is 16.0. The molecule has 134 valence electrons. The van der Waals surface area contributed by atoms with Gasteiger partial charge >= 0.3 is 0 Å². The van der Waals surface area contributed by atoms with Gasteiger partial charge in [-0.3, -0.25) is 9.89 Å². The van der Waals surface area contributed by atoms with Gasteiger partial charge in [0.05, 0.1) is 12.3 Å². The van der Waals surface area contributed by atoms with Crippen LogP contribution < -0.4 is 5.56 Å². The predicted octanol–water partition coefficient (Wildman–Crippen LogP) is 3.89. The summed E-state index contributed by atoms with van der Waals surface area (Å²) in [4.78, 5) is 21.5. The van der Waals surface area contributed by atoms with Crippen LogP contribution in [0, 0.1) is 13.5 Å². The Kier molecular flexibility index (Phi) is 3.39. The largest absolute Gasteiger partial charge is 0.296 e. The molecular weight excluding hydrogens is 352 g/mol. The van der Waals surface area contributed by atoms with Gasteiger partial charge in [0.15, 0.2) is 11.3 Å². The molecule has 5 rings (SSSR count). The molecule has 0 aliphatic carbocycles. The number of hydrogen-bond acceptors (Lipinski definition) is 3. The number of para-hydroxylation sites is 1. The molecule has 2 aromatic carbocycles. The highest BCUT2D eigenvalue weighted by atomic mass is 16.1. The molecule has 0 bridgehead atoms. The highest BCUT2D eigenvalue weighted by molar-refractivity contribution is 5.89. The number of rotatable bonds is 2. The summed E-state index contributed by atoms with van der Waals surface area (Å²) in [6.07, 6.45) is 0. The number of nitrogens with one attached hydrogen (secondary N) is 1. The quantitative estimate of drug-likeness (QED) is 0.482. The van der Waals surface area contributed by atoms with E-state index in [-0.39, 0.29) is 16.9 Å². The van der Waals surface area contributed by atoms with Crippen molar-refractivity contribution in [2.45, 2.75) is 6.92 Å². The van der Waals surface area contributed by atoms with Gasteiger partial charge in [-0.2, -0.15) is 9.61 Å². The van der Waals surface area contributed by atoms with E-state index < -0.39 is 0 Å². The number of aromatic nitrogens is 5. The van der Waals surface area contributed by atoms with Crippen LogP contribution in [-0.4, -0.2) is 24.4 Å². The Hall–Kier alpha value is -4.18. The van der Waals surface area contributed by atoms with Gasteiger partial charge in [0.25, 0.3) is 11.2 Å². The first-order valence-corrected chi connectivity index (χ1v) is 8.71. The lowest BCUT2D eigenvalue weighted by Crippen LogP contribution is -2.15. The van der Waals surface area contributed by atoms with Crippen molar-refractivity contribution in [3.8, 4) is 16.9 Å². The first-order valence-electron chi connectivity index (χ1n) is 8.71. The van der Waals surface area contributed by atoms with Crippen molar-refractivity contribution in [1.29, 1.82) is 0 Å². The lowest BCUT2D eigenvalue weighted by atomic mass is 10.1. The number of aryl methyl sites for hydroxylation is 1. The molecule has 0 aliphatic rings. The summed E-state index contributed by atoms with van der Waals surface area (Å²) in [6.45, 7) is 9.48. The van der Waals surface area contributed by atoms with Crippen LogP contribution in [0.15, 0.2) is 65.5 Å². The van der Waals surface area contributed by atoms with Gasteiger partial charge in [-0.1, -0.05) is 48.5 Å². The van der Waals surface area contributed by atoms with Crippen LogP contribution in [0.2, 0.25) is 0 Å². The zero-order valence-corrected chi connectivity index (χ0v) is 14.9. The molecule has 0 spiro atoms. The lowest BCUT2D eigenvalue weighted by molar-refractivity contribution is 0.874. The molecule has 1 N–H and O–H groups in total. The molecule has 0 saturated heterocycles. The zero-order valence-electron chi connectivity index (χ0n) is 14.9. The van der Waals surface area contributed by atoms with Crippen LogP contribution in [0.1, 0.15) is 5.69 Å². The molecule has 28 heavy (non-hydrogen) atoms. The van der Waals surface area contributed by atoms with Gasteiger partial charge in [-0.05, 0) is 24.6 Å². The molecule has 0 amide bonds. The Labute approximate surface area is 159 Å². The topological polar surface area (TPSA) is 72.3 Å². The Morgan fingerprint density at radius 2 is 1.68 bits per heavy atom. The zero-order chi connectivity index (χ0) is 19.3. The van der Waals surface area contributed by atoms with Crippen molar-refractivity contribution in [2.75, 3.05) is 0 Å². The van der Waals surface area contributed by atoms with Gasteiger partial charge in [0.1, 0.15) is 11.1 Å². The van der Waals surface area contributed by atoms with E-state index in [1.165, 1.54) is 4.52 Å². The van der Waals surface area contributed by atoms with E-state index in [9.17, 15) is 4.79 Å². The Morgan fingerprint density at radius 1 is 1.00 bits per heavy atom. The van der Waals surface area contributed by atoms with E-state index in [4.69, 9.17) is 6.57 Å². The summed E-state index contributed by atoms with van der Waals surface area (Å²) in [5.74, 6) is 0. The average Bonchev–Trinajstić information content (AvgIpc) is 3.28. The van der Waals surface area contributed by atoms with Gasteiger partial charge in [-0.15, -0.1) is 0 Å². The van der Waals surface area contributed by atoms with E-state index in [0.717, 1.165) is 11.3 Å². The average molecular weight is 366 g/mol. The maximum Gasteiger partial charge on any atom is 0.284 e. The second-order valence-corrected chi connectivity index (χ2v) is 6.43. The molecule has 7 heteroatoms. The van der Waals surface area contributed by atoms with Crippen LogP contribution in [-0.2, 0) is 0 Å². The van der Waals surface area contributed by atoms with E-state index in [1.54, 1.807) is 4.68 Å². The van der Waals surface area contributed by atoms with Crippen LogP contribution in [0.5, 0.6) is 0 Å². The molecule has 0 unspecified atom stereocenters. The molecule has 5 aromatic rings. The SMILES string of the molecule is [C-]#[N+]c1c(-c2ccccc2)nn2c(=O)c3c(C)[nH]n(-c4ccccc4)c3nc12. The summed E-state index contributed by atoms with van der Waals surface area (Å²) in [7, 11) is 0. The van der Waals surface area contributed by atoms with Crippen LogP contribution in [0.4, 0.5) is 5.69 Å². The molecule has 7 nitrogen and oxygen atoms in total. The number of nitrogens with zero attached hydrogens (tertiary/aromatic N) is 5. The second-order valence-electron chi connectivity index (χ2n) is 6.43. The summed E-state index contributed by atoms with van der Waals surface area (Å²) in [6, 6.07) is 19.0. The normalized spacial score (nSPS) is 11.1. The third-order valence-electron chi connectivity index (χ3n) is 4.72. The minimum Gasteiger partial charge on any atom is -0.296 e. The summed E-state index contributed by atoms with van der Waals surface area (Å²) < 4.78 is 2.99. The maximum absolute atomic E-state index is 13.2. The second kappa shape index (κ2) is 5.93. The summed E-state index contributed by atoms with van der Waals surface area (Å²) >= 11 is 0. The van der Waals surface area contributed by atoms with Gasteiger partial charge in [-0.25, -0.2) is 14.5 Å². The van der Waals surface area contributed by atoms with E-state index in [0.29, 0.717) is 22.4 Å². The fraction of sp³-hybridized carbons (Fsp3) is 0.0476. The molecule has 0 fully saturated rings. The predicted molar refractivity (Wildman–Crippen MR) is 107 cm³/mol. The van der Waals surface area contributed by atoms with Gasteiger partial charge in [0.2, 0.25) is 0 Å². The third-order valence-corrected chi connectivity index (χ3v) is 4.72. The van der Waals surface area contributed by atoms with Crippen molar-refractivity contribution >= 4 is 22.4 Å². The lowest BCUT2D eigenvalue weighted by Gasteiger charge is -2.03. The molecule has 0 saturated carbocycles. The van der Waals surface area contributed by atoms with Crippen LogP contribution in [0.25, 0.3) is 38.5 Å². The van der Waals surface area contributed by atoms with Crippen molar-refractivity contribution < 1.29 is 0 Å². The van der Waals surface area contributed by atoms with Crippen LogP contribution >= 0.6 is 0 Å².